The highest BCUT2D eigenvalue weighted by Gasteiger charge is 2.34. The van der Waals surface area contributed by atoms with E-state index >= 15 is 0 Å². The van der Waals surface area contributed by atoms with Gasteiger partial charge in [0.2, 0.25) is 0 Å². The summed E-state index contributed by atoms with van der Waals surface area (Å²) in [6, 6.07) is 7.04. The first-order valence-electron chi connectivity index (χ1n) is 8.10. The zero-order chi connectivity index (χ0) is 18.6. The number of allylic oxidation sites excluding steroid dienone is 1. The number of aliphatic carboxylic acids is 1. The van der Waals surface area contributed by atoms with Gasteiger partial charge in [0.1, 0.15) is 0 Å². The predicted molar refractivity (Wildman–Crippen MR) is 96.2 cm³/mol. The SMILES string of the molecule is C=CC1=C(C)/C(=C\C)C(=O)N(c2ccc(CCCC(=O)O)cc2)C1=O. The summed E-state index contributed by atoms with van der Waals surface area (Å²) in [7, 11) is 0. The third-order valence-electron chi connectivity index (χ3n) is 4.22. The summed E-state index contributed by atoms with van der Waals surface area (Å²) in [5.41, 5.74) is 2.99. The number of carboxylic acids is 1. The smallest absolute Gasteiger partial charge is 0.303 e. The number of hydrogen-bond acceptors (Lipinski definition) is 3. The number of rotatable bonds is 6. The summed E-state index contributed by atoms with van der Waals surface area (Å²) in [6.45, 7) is 7.18. The molecule has 0 bridgehead atoms. The molecule has 0 atom stereocenters. The van der Waals surface area contributed by atoms with Gasteiger partial charge in [-0.1, -0.05) is 30.9 Å². The zero-order valence-electron chi connectivity index (χ0n) is 14.4. The minimum Gasteiger partial charge on any atom is -0.481 e. The molecule has 5 heteroatoms. The third kappa shape index (κ3) is 3.76. The summed E-state index contributed by atoms with van der Waals surface area (Å²) >= 11 is 0. The lowest BCUT2D eigenvalue weighted by molar-refractivity contribution is -0.137. The number of nitrogens with zero attached hydrogens (tertiary/aromatic N) is 1. The van der Waals surface area contributed by atoms with Crippen LogP contribution < -0.4 is 4.90 Å². The molecular weight excluding hydrogens is 318 g/mol. The van der Waals surface area contributed by atoms with E-state index < -0.39 is 5.97 Å². The Morgan fingerprint density at radius 2 is 1.84 bits per heavy atom. The van der Waals surface area contributed by atoms with Gasteiger partial charge in [-0.3, -0.25) is 14.4 Å². The highest BCUT2D eigenvalue weighted by Crippen LogP contribution is 2.30. The molecular formula is C20H21NO4. The Morgan fingerprint density at radius 1 is 1.20 bits per heavy atom. The lowest BCUT2D eigenvalue weighted by Crippen LogP contribution is -2.42. The Hall–Kier alpha value is -2.95. The molecule has 0 radical (unpaired) electrons. The molecule has 130 valence electrons. The highest BCUT2D eigenvalue weighted by molar-refractivity contribution is 6.30. The van der Waals surface area contributed by atoms with E-state index in [0.717, 1.165) is 10.5 Å². The number of imide groups is 1. The third-order valence-corrected chi connectivity index (χ3v) is 4.22. The summed E-state index contributed by atoms with van der Waals surface area (Å²) < 4.78 is 0. The van der Waals surface area contributed by atoms with Gasteiger partial charge in [-0.25, -0.2) is 4.90 Å². The van der Waals surface area contributed by atoms with Gasteiger partial charge in [-0.2, -0.15) is 0 Å². The summed E-state index contributed by atoms with van der Waals surface area (Å²) in [5, 5.41) is 8.68. The molecule has 2 rings (SSSR count). The molecule has 0 spiro atoms. The first-order valence-corrected chi connectivity index (χ1v) is 8.10. The van der Waals surface area contributed by atoms with Gasteiger partial charge in [0.15, 0.2) is 0 Å². The molecule has 1 aromatic rings. The first-order chi connectivity index (χ1) is 11.9. The molecule has 0 unspecified atom stereocenters. The number of carbonyl (C=O) groups excluding carboxylic acids is 2. The van der Waals surface area contributed by atoms with E-state index in [-0.39, 0.29) is 18.2 Å². The number of hydrogen-bond donors (Lipinski definition) is 1. The maximum absolute atomic E-state index is 12.7. The van der Waals surface area contributed by atoms with Crippen LogP contribution in [0, 0.1) is 0 Å². The van der Waals surface area contributed by atoms with Gasteiger partial charge in [0.25, 0.3) is 11.8 Å². The van der Waals surface area contributed by atoms with Crippen molar-refractivity contribution in [3.63, 3.8) is 0 Å². The Morgan fingerprint density at radius 3 is 2.36 bits per heavy atom. The van der Waals surface area contributed by atoms with Crippen LogP contribution in [0.1, 0.15) is 32.3 Å². The fraction of sp³-hybridized carbons (Fsp3) is 0.250. The minimum atomic E-state index is -0.820. The number of amides is 2. The second-order valence-electron chi connectivity index (χ2n) is 5.80. The Bertz CT molecular complexity index is 784. The molecule has 25 heavy (non-hydrogen) atoms. The van der Waals surface area contributed by atoms with Crippen LogP contribution in [-0.4, -0.2) is 22.9 Å². The van der Waals surface area contributed by atoms with Crippen molar-refractivity contribution < 1.29 is 19.5 Å². The molecule has 1 aliphatic heterocycles. The summed E-state index contributed by atoms with van der Waals surface area (Å²) in [5.74, 6) is -1.56. The van der Waals surface area contributed by atoms with Crippen LogP contribution in [0.15, 0.2) is 59.7 Å². The molecule has 5 nitrogen and oxygen atoms in total. The number of aryl methyl sites for hydroxylation is 1. The Balaban J connectivity index is 2.28. The van der Waals surface area contributed by atoms with Crippen LogP contribution in [0.2, 0.25) is 0 Å². The fourth-order valence-corrected chi connectivity index (χ4v) is 2.87. The van der Waals surface area contributed by atoms with Crippen molar-refractivity contribution in [3.05, 3.63) is 65.3 Å². The lowest BCUT2D eigenvalue weighted by atomic mass is 9.94. The van der Waals surface area contributed by atoms with Gasteiger partial charge in [0.05, 0.1) is 5.69 Å². The van der Waals surface area contributed by atoms with E-state index in [2.05, 4.69) is 6.58 Å². The largest absolute Gasteiger partial charge is 0.481 e. The molecule has 0 aliphatic carbocycles. The fourth-order valence-electron chi connectivity index (χ4n) is 2.87. The molecule has 2 amide bonds. The van der Waals surface area contributed by atoms with Crippen molar-refractivity contribution in [1.29, 1.82) is 0 Å². The Labute approximate surface area is 147 Å². The van der Waals surface area contributed by atoms with Crippen LogP contribution in [0.4, 0.5) is 5.69 Å². The quantitative estimate of drug-likeness (QED) is 0.636. The van der Waals surface area contributed by atoms with Crippen molar-refractivity contribution in [2.45, 2.75) is 33.1 Å². The topological polar surface area (TPSA) is 74.7 Å². The summed E-state index contributed by atoms with van der Waals surface area (Å²) in [4.78, 5) is 37.1. The maximum Gasteiger partial charge on any atom is 0.303 e. The molecule has 1 N–H and O–H groups in total. The maximum atomic E-state index is 12.7. The molecule has 0 aromatic heterocycles. The van der Waals surface area contributed by atoms with Gasteiger partial charge >= 0.3 is 5.97 Å². The average Bonchev–Trinajstić information content (AvgIpc) is 2.56. The molecule has 1 aliphatic rings. The predicted octanol–water partition coefficient (Wildman–Crippen LogP) is 3.42. The van der Waals surface area contributed by atoms with Crippen LogP contribution in [0.25, 0.3) is 0 Å². The van der Waals surface area contributed by atoms with Gasteiger partial charge in [-0.15, -0.1) is 0 Å². The molecule has 1 aromatic carbocycles. The number of anilines is 1. The van der Waals surface area contributed by atoms with E-state index in [0.29, 0.717) is 35.2 Å². The minimum absolute atomic E-state index is 0.113. The van der Waals surface area contributed by atoms with Gasteiger partial charge in [-0.05, 0) is 50.0 Å². The van der Waals surface area contributed by atoms with E-state index in [9.17, 15) is 14.4 Å². The van der Waals surface area contributed by atoms with Crippen molar-refractivity contribution in [2.75, 3.05) is 4.90 Å². The molecule has 0 saturated carbocycles. The first kappa shape index (κ1) is 18.4. The van der Waals surface area contributed by atoms with E-state index in [1.165, 1.54) is 6.08 Å². The normalized spacial score (nSPS) is 16.6. The molecule has 0 saturated heterocycles. The average molecular weight is 339 g/mol. The van der Waals surface area contributed by atoms with Gasteiger partial charge in [0, 0.05) is 17.6 Å². The second kappa shape index (κ2) is 7.75. The number of carboxylic acid groups (broad SMARTS) is 1. The van der Waals surface area contributed by atoms with Crippen molar-refractivity contribution in [2.24, 2.45) is 0 Å². The lowest BCUT2D eigenvalue weighted by Gasteiger charge is -2.28. The monoisotopic (exact) mass is 339 g/mol. The standard InChI is InChI=1S/C20H21NO4/c1-4-16-13(3)17(5-2)20(25)21(19(16)24)15-11-9-14(10-12-15)7-6-8-18(22)23/h4-5,9-12H,1,6-8H2,2-3H3,(H,22,23)/b17-5+. The molecule has 1 heterocycles. The zero-order valence-corrected chi connectivity index (χ0v) is 14.4. The summed E-state index contributed by atoms with van der Waals surface area (Å²) in [6.07, 6.45) is 4.46. The number of benzene rings is 1. The van der Waals surface area contributed by atoms with Crippen molar-refractivity contribution in [3.8, 4) is 0 Å². The van der Waals surface area contributed by atoms with E-state index in [1.807, 2.05) is 12.1 Å². The van der Waals surface area contributed by atoms with E-state index in [4.69, 9.17) is 5.11 Å². The highest BCUT2D eigenvalue weighted by atomic mass is 16.4. The van der Waals surface area contributed by atoms with Crippen LogP contribution in [0.3, 0.4) is 0 Å². The van der Waals surface area contributed by atoms with Crippen LogP contribution >= 0.6 is 0 Å². The second-order valence-corrected chi connectivity index (χ2v) is 5.80. The molecule has 0 fully saturated rings. The Kier molecular flexibility index (Phi) is 5.70. The van der Waals surface area contributed by atoms with Gasteiger partial charge < -0.3 is 5.11 Å². The van der Waals surface area contributed by atoms with Crippen molar-refractivity contribution in [1.82, 2.24) is 0 Å². The van der Waals surface area contributed by atoms with Crippen LogP contribution in [0.5, 0.6) is 0 Å². The number of carbonyl (C=O) groups is 3. The van der Waals surface area contributed by atoms with Crippen molar-refractivity contribution >= 4 is 23.5 Å². The van der Waals surface area contributed by atoms with E-state index in [1.54, 1.807) is 32.1 Å². The van der Waals surface area contributed by atoms with Crippen LogP contribution in [-0.2, 0) is 20.8 Å².